The SMILES string of the molecule is Cc1nc(CC(=O)c2cccc3cccnc23)cs1. The van der Waals surface area contributed by atoms with Crippen LogP contribution in [-0.2, 0) is 6.42 Å². The molecule has 0 aliphatic rings. The smallest absolute Gasteiger partial charge is 0.171 e. The third kappa shape index (κ3) is 2.39. The van der Waals surface area contributed by atoms with Crippen LogP contribution in [0.1, 0.15) is 21.1 Å². The molecule has 0 saturated carbocycles. The van der Waals surface area contributed by atoms with Crippen LogP contribution in [0.25, 0.3) is 10.9 Å². The van der Waals surface area contributed by atoms with Crippen LogP contribution in [0, 0.1) is 6.92 Å². The molecule has 3 aromatic rings. The molecule has 0 radical (unpaired) electrons. The van der Waals surface area contributed by atoms with E-state index in [9.17, 15) is 4.79 Å². The average Bonchev–Trinajstić information content (AvgIpc) is 2.83. The van der Waals surface area contributed by atoms with E-state index in [1.807, 2.05) is 42.6 Å². The molecule has 3 rings (SSSR count). The normalized spacial score (nSPS) is 10.8. The number of carbonyl (C=O) groups excluding carboxylic acids is 1. The van der Waals surface area contributed by atoms with E-state index in [0.717, 1.165) is 21.6 Å². The van der Waals surface area contributed by atoms with Crippen molar-refractivity contribution in [1.82, 2.24) is 9.97 Å². The number of benzene rings is 1. The van der Waals surface area contributed by atoms with Crippen molar-refractivity contribution in [3.05, 3.63) is 58.2 Å². The zero-order valence-electron chi connectivity index (χ0n) is 10.5. The Labute approximate surface area is 115 Å². The molecular weight excluding hydrogens is 256 g/mol. The largest absolute Gasteiger partial charge is 0.294 e. The van der Waals surface area contributed by atoms with E-state index in [4.69, 9.17) is 0 Å². The zero-order chi connectivity index (χ0) is 13.2. The molecule has 0 spiro atoms. The van der Waals surface area contributed by atoms with Crippen LogP contribution in [0.15, 0.2) is 41.9 Å². The number of fused-ring (bicyclic) bond motifs is 1. The highest BCUT2D eigenvalue weighted by Gasteiger charge is 2.12. The molecule has 0 saturated heterocycles. The summed E-state index contributed by atoms with van der Waals surface area (Å²) in [7, 11) is 0. The maximum Gasteiger partial charge on any atom is 0.171 e. The van der Waals surface area contributed by atoms with Crippen molar-refractivity contribution in [3.63, 3.8) is 0 Å². The Hall–Kier alpha value is -2.07. The fourth-order valence-corrected chi connectivity index (χ4v) is 2.69. The molecular formula is C15H12N2OS. The van der Waals surface area contributed by atoms with Gasteiger partial charge in [-0.15, -0.1) is 11.3 Å². The molecule has 1 aromatic carbocycles. The Morgan fingerprint density at radius 1 is 1.26 bits per heavy atom. The second kappa shape index (κ2) is 4.90. The van der Waals surface area contributed by atoms with Crippen molar-refractivity contribution in [2.75, 3.05) is 0 Å². The van der Waals surface area contributed by atoms with Gasteiger partial charge in [0.05, 0.1) is 22.6 Å². The number of pyridine rings is 1. The van der Waals surface area contributed by atoms with Gasteiger partial charge in [0.2, 0.25) is 0 Å². The van der Waals surface area contributed by atoms with Crippen molar-refractivity contribution in [2.24, 2.45) is 0 Å². The quantitative estimate of drug-likeness (QED) is 0.683. The van der Waals surface area contributed by atoms with Crippen LogP contribution in [0.3, 0.4) is 0 Å². The number of para-hydroxylation sites is 1. The number of aromatic nitrogens is 2. The van der Waals surface area contributed by atoms with Gasteiger partial charge in [-0.25, -0.2) is 4.98 Å². The number of rotatable bonds is 3. The average molecular weight is 268 g/mol. The summed E-state index contributed by atoms with van der Waals surface area (Å²) in [6.45, 7) is 1.94. The number of carbonyl (C=O) groups is 1. The topological polar surface area (TPSA) is 42.9 Å². The lowest BCUT2D eigenvalue weighted by molar-refractivity contribution is 0.0993. The summed E-state index contributed by atoms with van der Waals surface area (Å²) in [5, 5.41) is 3.91. The number of aryl methyl sites for hydroxylation is 1. The van der Waals surface area contributed by atoms with Crippen LogP contribution >= 0.6 is 11.3 Å². The van der Waals surface area contributed by atoms with Crippen molar-refractivity contribution < 1.29 is 4.79 Å². The lowest BCUT2D eigenvalue weighted by Crippen LogP contribution is -2.05. The van der Waals surface area contributed by atoms with Gasteiger partial charge in [0.1, 0.15) is 0 Å². The van der Waals surface area contributed by atoms with Crippen LogP contribution in [0.5, 0.6) is 0 Å². The first-order valence-corrected chi connectivity index (χ1v) is 6.90. The summed E-state index contributed by atoms with van der Waals surface area (Å²) in [5.41, 5.74) is 2.27. The fourth-order valence-electron chi connectivity index (χ4n) is 2.08. The van der Waals surface area contributed by atoms with E-state index in [0.29, 0.717) is 12.0 Å². The Kier molecular flexibility index (Phi) is 3.09. The van der Waals surface area contributed by atoms with Gasteiger partial charge in [0.25, 0.3) is 0 Å². The predicted octanol–water partition coefficient (Wildman–Crippen LogP) is 3.43. The van der Waals surface area contributed by atoms with Gasteiger partial charge in [-0.3, -0.25) is 9.78 Å². The third-order valence-corrected chi connectivity index (χ3v) is 3.76. The molecule has 0 N–H and O–H groups in total. The lowest BCUT2D eigenvalue weighted by Gasteiger charge is -2.03. The summed E-state index contributed by atoms with van der Waals surface area (Å²) in [6, 6.07) is 9.53. The summed E-state index contributed by atoms with van der Waals surface area (Å²) in [5.74, 6) is 0.0644. The fraction of sp³-hybridized carbons (Fsp3) is 0.133. The summed E-state index contributed by atoms with van der Waals surface area (Å²) in [4.78, 5) is 21.0. The maximum atomic E-state index is 12.4. The first-order valence-electron chi connectivity index (χ1n) is 6.02. The zero-order valence-corrected chi connectivity index (χ0v) is 11.3. The molecule has 4 heteroatoms. The van der Waals surface area contributed by atoms with Crippen molar-refractivity contribution in [3.8, 4) is 0 Å². The van der Waals surface area contributed by atoms with E-state index in [2.05, 4.69) is 9.97 Å². The van der Waals surface area contributed by atoms with Crippen LogP contribution in [0.4, 0.5) is 0 Å². The summed E-state index contributed by atoms with van der Waals surface area (Å²) >= 11 is 1.57. The van der Waals surface area contributed by atoms with Gasteiger partial charge in [-0.1, -0.05) is 18.2 Å². The third-order valence-electron chi connectivity index (χ3n) is 2.94. The van der Waals surface area contributed by atoms with Gasteiger partial charge in [0.15, 0.2) is 5.78 Å². The van der Waals surface area contributed by atoms with E-state index < -0.39 is 0 Å². The lowest BCUT2D eigenvalue weighted by atomic mass is 10.0. The first-order chi connectivity index (χ1) is 9.24. The minimum absolute atomic E-state index is 0.0644. The molecule has 0 amide bonds. The van der Waals surface area contributed by atoms with Crippen LogP contribution < -0.4 is 0 Å². The molecule has 0 fully saturated rings. The van der Waals surface area contributed by atoms with Crippen LogP contribution in [-0.4, -0.2) is 15.8 Å². The van der Waals surface area contributed by atoms with Gasteiger partial charge in [-0.2, -0.15) is 0 Å². The molecule has 2 heterocycles. The molecule has 0 aliphatic heterocycles. The van der Waals surface area contributed by atoms with Crippen LogP contribution in [0.2, 0.25) is 0 Å². The monoisotopic (exact) mass is 268 g/mol. The molecule has 0 unspecified atom stereocenters. The molecule has 19 heavy (non-hydrogen) atoms. The number of ketones is 1. The summed E-state index contributed by atoms with van der Waals surface area (Å²) < 4.78 is 0. The first kappa shape index (κ1) is 12.0. The maximum absolute atomic E-state index is 12.4. The van der Waals surface area contributed by atoms with E-state index in [1.165, 1.54) is 0 Å². The predicted molar refractivity (Wildman–Crippen MR) is 76.6 cm³/mol. The highest BCUT2D eigenvalue weighted by molar-refractivity contribution is 7.09. The standard InChI is InChI=1S/C15H12N2OS/c1-10-17-12(9-19-10)8-14(18)13-6-2-4-11-5-3-7-16-15(11)13/h2-7,9H,8H2,1H3. The molecule has 0 bridgehead atoms. The Morgan fingerprint density at radius 2 is 2.11 bits per heavy atom. The molecule has 94 valence electrons. The Morgan fingerprint density at radius 3 is 2.89 bits per heavy atom. The second-order valence-electron chi connectivity index (χ2n) is 4.34. The minimum Gasteiger partial charge on any atom is -0.294 e. The van der Waals surface area contributed by atoms with Gasteiger partial charge < -0.3 is 0 Å². The number of hydrogen-bond acceptors (Lipinski definition) is 4. The number of thiazole rings is 1. The molecule has 3 nitrogen and oxygen atoms in total. The second-order valence-corrected chi connectivity index (χ2v) is 5.40. The van der Waals surface area contributed by atoms with Crippen molar-refractivity contribution in [2.45, 2.75) is 13.3 Å². The summed E-state index contributed by atoms with van der Waals surface area (Å²) in [6.07, 6.45) is 2.05. The Bertz CT molecular complexity index is 743. The van der Waals surface area contributed by atoms with Gasteiger partial charge >= 0.3 is 0 Å². The van der Waals surface area contributed by atoms with Crippen molar-refractivity contribution in [1.29, 1.82) is 0 Å². The number of hydrogen-bond donors (Lipinski definition) is 0. The number of nitrogens with zero attached hydrogens (tertiary/aromatic N) is 2. The van der Waals surface area contributed by atoms with E-state index in [-0.39, 0.29) is 5.78 Å². The van der Waals surface area contributed by atoms with E-state index >= 15 is 0 Å². The van der Waals surface area contributed by atoms with E-state index in [1.54, 1.807) is 17.5 Å². The van der Waals surface area contributed by atoms with Gasteiger partial charge in [0, 0.05) is 22.5 Å². The highest BCUT2D eigenvalue weighted by Crippen LogP contribution is 2.18. The molecule has 0 aliphatic carbocycles. The van der Waals surface area contributed by atoms with Crippen molar-refractivity contribution >= 4 is 28.0 Å². The van der Waals surface area contributed by atoms with Gasteiger partial charge in [-0.05, 0) is 19.1 Å². The Balaban J connectivity index is 1.97. The highest BCUT2D eigenvalue weighted by atomic mass is 32.1. The molecule has 0 atom stereocenters. The number of Topliss-reactive ketones (excluding diaryl/α,β-unsaturated/α-hetero) is 1. The minimum atomic E-state index is 0.0644. The molecule has 2 aromatic heterocycles.